The second kappa shape index (κ2) is 6.34. The predicted octanol–water partition coefficient (Wildman–Crippen LogP) is 3.98. The van der Waals surface area contributed by atoms with Crippen LogP contribution in [-0.4, -0.2) is 29.5 Å². The average Bonchev–Trinajstić information content (AvgIpc) is 3.08. The van der Waals surface area contributed by atoms with Crippen LogP contribution in [0.15, 0.2) is 24.3 Å². The number of hydrogen-bond donors (Lipinski definition) is 0. The smallest absolute Gasteiger partial charge is 0.184 e. The molecule has 1 aromatic carbocycles. The maximum absolute atomic E-state index is 12.8. The molecule has 1 aromatic rings. The van der Waals surface area contributed by atoms with Gasteiger partial charge >= 0.3 is 0 Å². The summed E-state index contributed by atoms with van der Waals surface area (Å²) in [6.07, 6.45) is 5.81. The number of benzene rings is 1. The number of fused-ring (bicyclic) bond motifs is 2. The number of ketones is 1. The first kappa shape index (κ1) is 14.7. The molecule has 2 bridgehead atoms. The number of ether oxygens (including phenoxy) is 2. The van der Waals surface area contributed by atoms with Crippen LogP contribution in [0.25, 0.3) is 0 Å². The van der Waals surface area contributed by atoms with Crippen molar-refractivity contribution in [3.05, 3.63) is 35.4 Å². The lowest BCUT2D eigenvalue weighted by atomic mass is 9.84. The topological polar surface area (TPSA) is 35.5 Å². The van der Waals surface area contributed by atoms with Crippen LogP contribution in [0.4, 0.5) is 0 Å². The summed E-state index contributed by atoms with van der Waals surface area (Å²) in [5.41, 5.74) is 1.85. The van der Waals surface area contributed by atoms with Gasteiger partial charge in [-0.3, -0.25) is 4.79 Å². The van der Waals surface area contributed by atoms with Crippen molar-refractivity contribution in [2.75, 3.05) is 13.2 Å². The fourth-order valence-corrected chi connectivity index (χ4v) is 5.70. The molecule has 0 amide bonds. The number of thioether (sulfide) groups is 1. The van der Waals surface area contributed by atoms with Crippen molar-refractivity contribution in [2.45, 2.75) is 48.9 Å². The molecule has 118 valence electrons. The Bertz CT molecular complexity index is 524. The summed E-state index contributed by atoms with van der Waals surface area (Å²) in [4.78, 5) is 12.8. The van der Waals surface area contributed by atoms with Crippen LogP contribution in [0.2, 0.25) is 0 Å². The summed E-state index contributed by atoms with van der Waals surface area (Å²) >= 11 is 2.12. The van der Waals surface area contributed by atoms with E-state index < -0.39 is 0 Å². The van der Waals surface area contributed by atoms with Crippen molar-refractivity contribution in [2.24, 2.45) is 5.92 Å². The number of carbonyl (C=O) groups is 1. The minimum atomic E-state index is -0.255. The van der Waals surface area contributed by atoms with Gasteiger partial charge in [0.2, 0.25) is 0 Å². The molecule has 0 saturated carbocycles. The van der Waals surface area contributed by atoms with Crippen molar-refractivity contribution < 1.29 is 14.3 Å². The Kier molecular flexibility index (Phi) is 4.25. The number of hydrogen-bond acceptors (Lipinski definition) is 4. The van der Waals surface area contributed by atoms with Gasteiger partial charge in [-0.15, -0.1) is 0 Å². The van der Waals surface area contributed by atoms with Crippen molar-refractivity contribution >= 4 is 17.5 Å². The van der Waals surface area contributed by atoms with Crippen molar-refractivity contribution in [3.63, 3.8) is 0 Å². The zero-order valence-electron chi connectivity index (χ0n) is 12.7. The van der Waals surface area contributed by atoms with E-state index in [1.807, 2.05) is 24.3 Å². The monoisotopic (exact) mass is 318 g/mol. The van der Waals surface area contributed by atoms with Crippen molar-refractivity contribution in [1.82, 2.24) is 0 Å². The molecule has 3 nitrogen and oxygen atoms in total. The number of carbonyl (C=O) groups excluding carboxylic acids is 1. The quantitative estimate of drug-likeness (QED) is 0.790. The minimum absolute atomic E-state index is 0.224. The van der Waals surface area contributed by atoms with Crippen LogP contribution >= 0.6 is 11.8 Å². The lowest BCUT2D eigenvalue weighted by Gasteiger charge is -2.38. The molecule has 3 heterocycles. The summed E-state index contributed by atoms with van der Waals surface area (Å²) < 4.78 is 11.0. The highest BCUT2D eigenvalue weighted by molar-refractivity contribution is 8.00. The molecule has 22 heavy (non-hydrogen) atoms. The van der Waals surface area contributed by atoms with E-state index in [2.05, 4.69) is 11.8 Å². The Morgan fingerprint density at radius 2 is 1.64 bits per heavy atom. The van der Waals surface area contributed by atoms with E-state index in [-0.39, 0.29) is 12.2 Å². The molecule has 4 heteroatoms. The van der Waals surface area contributed by atoms with E-state index in [1.54, 1.807) is 0 Å². The normalized spacial score (nSPS) is 32.1. The van der Waals surface area contributed by atoms with Gasteiger partial charge in [-0.05, 0) is 25.7 Å². The molecular weight excluding hydrogens is 296 g/mol. The van der Waals surface area contributed by atoms with Crippen LogP contribution in [0.5, 0.6) is 0 Å². The Morgan fingerprint density at radius 1 is 1.00 bits per heavy atom. The van der Waals surface area contributed by atoms with Crippen molar-refractivity contribution in [3.8, 4) is 0 Å². The molecule has 0 aliphatic carbocycles. The third-order valence-corrected chi connectivity index (χ3v) is 6.62. The zero-order chi connectivity index (χ0) is 14.9. The maximum Gasteiger partial charge on any atom is 0.184 e. The van der Waals surface area contributed by atoms with Gasteiger partial charge in [0.1, 0.15) is 0 Å². The van der Waals surface area contributed by atoms with E-state index in [1.165, 1.54) is 19.3 Å². The van der Waals surface area contributed by atoms with Crippen molar-refractivity contribution in [1.29, 1.82) is 0 Å². The van der Waals surface area contributed by atoms with Crippen LogP contribution in [0.3, 0.4) is 0 Å². The van der Waals surface area contributed by atoms with Gasteiger partial charge in [0.05, 0.1) is 13.2 Å². The SMILES string of the molecule is O=C(c1ccc(C2OCCO2)cc1)C1CC2CCCC(C1)S2. The summed E-state index contributed by atoms with van der Waals surface area (Å²) in [6, 6.07) is 7.84. The van der Waals surface area contributed by atoms with Gasteiger partial charge in [0, 0.05) is 27.5 Å². The van der Waals surface area contributed by atoms with E-state index in [0.29, 0.717) is 29.5 Å². The van der Waals surface area contributed by atoms with Crippen LogP contribution < -0.4 is 0 Å². The third-order valence-electron chi connectivity index (χ3n) is 4.99. The molecule has 0 aromatic heterocycles. The van der Waals surface area contributed by atoms with Gasteiger partial charge in [-0.2, -0.15) is 11.8 Å². The Hall–Kier alpha value is -0.840. The van der Waals surface area contributed by atoms with Gasteiger partial charge < -0.3 is 9.47 Å². The first-order valence-corrected chi connectivity index (χ1v) is 9.27. The lowest BCUT2D eigenvalue weighted by Crippen LogP contribution is -2.32. The molecular formula is C18H22O3S. The second-order valence-electron chi connectivity index (χ2n) is 6.54. The highest BCUT2D eigenvalue weighted by atomic mass is 32.2. The minimum Gasteiger partial charge on any atom is -0.346 e. The second-order valence-corrected chi connectivity index (χ2v) is 8.14. The van der Waals surface area contributed by atoms with Gasteiger partial charge in [-0.1, -0.05) is 30.7 Å². The predicted molar refractivity (Wildman–Crippen MR) is 87.2 cm³/mol. The molecule has 2 atom stereocenters. The summed E-state index contributed by atoms with van der Waals surface area (Å²) in [5.74, 6) is 0.554. The Labute approximate surface area is 135 Å². The molecule has 0 radical (unpaired) electrons. The van der Waals surface area contributed by atoms with Crippen LogP contribution in [-0.2, 0) is 9.47 Å². The third kappa shape index (κ3) is 2.97. The summed E-state index contributed by atoms with van der Waals surface area (Å²) in [5, 5.41) is 1.42. The first-order valence-electron chi connectivity index (χ1n) is 8.32. The lowest BCUT2D eigenvalue weighted by molar-refractivity contribution is -0.0441. The Morgan fingerprint density at radius 3 is 2.27 bits per heavy atom. The highest BCUT2D eigenvalue weighted by Gasteiger charge is 2.35. The van der Waals surface area contributed by atoms with Gasteiger partial charge in [0.15, 0.2) is 12.1 Å². The molecule has 3 fully saturated rings. The van der Waals surface area contributed by atoms with E-state index in [4.69, 9.17) is 9.47 Å². The Balaban J connectivity index is 1.45. The standard InChI is InChI=1S/C18H22O3S/c19-17(14-10-15-2-1-3-16(11-14)22-15)12-4-6-13(7-5-12)18-20-8-9-21-18/h4-7,14-16,18H,1-3,8-11H2. The highest BCUT2D eigenvalue weighted by Crippen LogP contribution is 2.44. The number of Topliss-reactive ketones (excluding diaryl/α,β-unsaturated/α-hetero) is 1. The summed E-state index contributed by atoms with van der Waals surface area (Å²) in [7, 11) is 0. The molecule has 0 N–H and O–H groups in total. The molecule has 3 aliphatic rings. The summed E-state index contributed by atoms with van der Waals surface area (Å²) in [6.45, 7) is 1.29. The molecule has 3 saturated heterocycles. The zero-order valence-corrected chi connectivity index (χ0v) is 13.5. The molecule has 0 spiro atoms. The van der Waals surface area contributed by atoms with E-state index in [0.717, 1.165) is 24.0 Å². The van der Waals surface area contributed by atoms with Crippen LogP contribution in [0.1, 0.15) is 54.3 Å². The average molecular weight is 318 g/mol. The van der Waals surface area contributed by atoms with Crippen LogP contribution in [0, 0.1) is 5.92 Å². The first-order chi connectivity index (χ1) is 10.8. The van der Waals surface area contributed by atoms with E-state index in [9.17, 15) is 4.79 Å². The van der Waals surface area contributed by atoms with Gasteiger partial charge in [0.25, 0.3) is 0 Å². The maximum atomic E-state index is 12.8. The molecule has 2 unspecified atom stereocenters. The fraction of sp³-hybridized carbons (Fsp3) is 0.611. The largest absolute Gasteiger partial charge is 0.346 e. The number of rotatable bonds is 3. The van der Waals surface area contributed by atoms with E-state index >= 15 is 0 Å². The molecule has 4 rings (SSSR count). The molecule has 3 aliphatic heterocycles. The van der Waals surface area contributed by atoms with Gasteiger partial charge in [-0.25, -0.2) is 0 Å². The fourth-order valence-electron chi connectivity index (χ4n) is 3.86.